The molecule has 0 bridgehead atoms. The molecular formula is C28H35N2P. The number of rotatable bonds is 7. The van der Waals surface area contributed by atoms with Crippen LogP contribution < -0.4 is 15.9 Å². The van der Waals surface area contributed by atoms with E-state index in [0.717, 1.165) is 6.42 Å². The lowest BCUT2D eigenvalue weighted by Crippen LogP contribution is -2.44. The van der Waals surface area contributed by atoms with Gasteiger partial charge in [-0.2, -0.15) is 0 Å². The molecule has 3 aromatic carbocycles. The maximum absolute atomic E-state index is 2.63. The SMILES string of the molecule is Cc1ccc(P(c2ccc(C)cc2)c2ccccc2CCCN2CCN(C)CC2)cc1. The number of likely N-dealkylation sites (N-methyl/N-ethyl adjacent to an activating group) is 1. The van der Waals surface area contributed by atoms with Gasteiger partial charge in [-0.3, -0.25) is 0 Å². The highest BCUT2D eigenvalue weighted by molar-refractivity contribution is 7.79. The van der Waals surface area contributed by atoms with Crippen LogP contribution in [0.3, 0.4) is 0 Å². The minimum atomic E-state index is -0.549. The molecule has 1 fully saturated rings. The molecule has 0 radical (unpaired) electrons. The highest BCUT2D eigenvalue weighted by Gasteiger charge is 2.20. The van der Waals surface area contributed by atoms with Gasteiger partial charge in [0, 0.05) is 26.2 Å². The van der Waals surface area contributed by atoms with Crippen LogP contribution in [-0.4, -0.2) is 49.6 Å². The Morgan fingerprint density at radius 2 is 1.26 bits per heavy atom. The van der Waals surface area contributed by atoms with Crippen LogP contribution in [0.25, 0.3) is 0 Å². The molecule has 3 aromatic rings. The van der Waals surface area contributed by atoms with E-state index in [1.54, 1.807) is 0 Å². The zero-order valence-corrected chi connectivity index (χ0v) is 20.1. The van der Waals surface area contributed by atoms with Crippen LogP contribution in [0.5, 0.6) is 0 Å². The van der Waals surface area contributed by atoms with Gasteiger partial charge < -0.3 is 9.80 Å². The Labute approximate surface area is 189 Å². The molecule has 0 aliphatic carbocycles. The van der Waals surface area contributed by atoms with Crippen LogP contribution >= 0.6 is 7.92 Å². The minimum Gasteiger partial charge on any atom is -0.304 e. The van der Waals surface area contributed by atoms with Crippen LogP contribution in [0.4, 0.5) is 0 Å². The van der Waals surface area contributed by atoms with Gasteiger partial charge in [0.05, 0.1) is 0 Å². The topological polar surface area (TPSA) is 6.48 Å². The molecule has 3 heteroatoms. The molecule has 0 amide bonds. The lowest BCUT2D eigenvalue weighted by molar-refractivity contribution is 0.153. The Kier molecular flexibility index (Phi) is 7.56. The largest absolute Gasteiger partial charge is 0.304 e. The third-order valence-corrected chi connectivity index (χ3v) is 8.88. The van der Waals surface area contributed by atoms with Gasteiger partial charge in [0.25, 0.3) is 0 Å². The highest BCUT2D eigenvalue weighted by atomic mass is 31.1. The molecule has 1 aliphatic rings. The van der Waals surface area contributed by atoms with Gasteiger partial charge in [-0.25, -0.2) is 0 Å². The summed E-state index contributed by atoms with van der Waals surface area (Å²) in [6, 6.07) is 27.5. The van der Waals surface area contributed by atoms with E-state index in [-0.39, 0.29) is 0 Å². The van der Waals surface area contributed by atoms with Gasteiger partial charge >= 0.3 is 0 Å². The number of hydrogen-bond acceptors (Lipinski definition) is 2. The summed E-state index contributed by atoms with van der Waals surface area (Å²) in [4.78, 5) is 5.06. The van der Waals surface area contributed by atoms with Crippen LogP contribution in [0, 0.1) is 13.8 Å². The number of hydrogen-bond donors (Lipinski definition) is 0. The molecule has 0 spiro atoms. The van der Waals surface area contributed by atoms with E-state index in [4.69, 9.17) is 0 Å². The minimum absolute atomic E-state index is 0.549. The molecule has 1 heterocycles. The van der Waals surface area contributed by atoms with Crippen molar-refractivity contribution in [2.45, 2.75) is 26.7 Å². The van der Waals surface area contributed by atoms with Crippen molar-refractivity contribution in [2.75, 3.05) is 39.8 Å². The van der Waals surface area contributed by atoms with E-state index < -0.39 is 7.92 Å². The highest BCUT2D eigenvalue weighted by Crippen LogP contribution is 2.34. The van der Waals surface area contributed by atoms with Crippen molar-refractivity contribution in [1.29, 1.82) is 0 Å². The van der Waals surface area contributed by atoms with E-state index in [0.29, 0.717) is 0 Å². The molecule has 0 atom stereocenters. The van der Waals surface area contributed by atoms with E-state index in [1.165, 1.54) is 71.7 Å². The second-order valence-corrected chi connectivity index (χ2v) is 11.1. The number of piperazine rings is 1. The molecule has 0 aromatic heterocycles. The van der Waals surface area contributed by atoms with Crippen LogP contribution in [0.15, 0.2) is 72.8 Å². The van der Waals surface area contributed by atoms with Gasteiger partial charge in [-0.05, 0) is 69.7 Å². The van der Waals surface area contributed by atoms with Crippen LogP contribution in [0.2, 0.25) is 0 Å². The average molecular weight is 431 g/mol. The fourth-order valence-electron chi connectivity index (χ4n) is 4.32. The van der Waals surface area contributed by atoms with Gasteiger partial charge in [0.2, 0.25) is 0 Å². The van der Waals surface area contributed by atoms with Gasteiger partial charge in [0.15, 0.2) is 0 Å². The van der Waals surface area contributed by atoms with Crippen molar-refractivity contribution in [2.24, 2.45) is 0 Å². The quantitative estimate of drug-likeness (QED) is 0.518. The average Bonchev–Trinajstić information content (AvgIpc) is 2.79. The zero-order chi connectivity index (χ0) is 21.6. The molecule has 2 nitrogen and oxygen atoms in total. The Bertz CT molecular complexity index is 912. The lowest BCUT2D eigenvalue weighted by atomic mass is 10.1. The molecule has 0 unspecified atom stereocenters. The summed E-state index contributed by atoms with van der Waals surface area (Å²) in [5, 5.41) is 4.40. The first-order chi connectivity index (χ1) is 15.1. The number of nitrogens with zero attached hydrogens (tertiary/aromatic N) is 2. The summed E-state index contributed by atoms with van der Waals surface area (Å²) >= 11 is 0. The number of benzene rings is 3. The predicted molar refractivity (Wildman–Crippen MR) is 137 cm³/mol. The van der Waals surface area contributed by atoms with Crippen molar-refractivity contribution < 1.29 is 0 Å². The van der Waals surface area contributed by atoms with Crippen molar-refractivity contribution in [3.63, 3.8) is 0 Å². The van der Waals surface area contributed by atoms with Gasteiger partial charge in [0.1, 0.15) is 0 Å². The van der Waals surface area contributed by atoms with Crippen LogP contribution in [0.1, 0.15) is 23.1 Å². The molecular weight excluding hydrogens is 395 g/mol. The third kappa shape index (κ3) is 5.83. The normalized spacial score (nSPS) is 15.5. The maximum Gasteiger partial charge on any atom is 0.0110 e. The zero-order valence-electron chi connectivity index (χ0n) is 19.2. The molecule has 1 aliphatic heterocycles. The fraction of sp³-hybridized carbons (Fsp3) is 0.357. The first kappa shape index (κ1) is 22.2. The van der Waals surface area contributed by atoms with Crippen molar-refractivity contribution >= 4 is 23.8 Å². The summed E-state index contributed by atoms with van der Waals surface area (Å²) in [6.45, 7) is 10.4. The molecule has 0 N–H and O–H groups in total. The van der Waals surface area contributed by atoms with Crippen molar-refractivity contribution in [1.82, 2.24) is 9.80 Å². The predicted octanol–water partition coefficient (Wildman–Crippen LogP) is 4.24. The molecule has 0 saturated carbocycles. The Morgan fingerprint density at radius 1 is 0.710 bits per heavy atom. The Balaban J connectivity index is 1.58. The molecule has 1 saturated heterocycles. The summed E-state index contributed by atoms with van der Waals surface area (Å²) < 4.78 is 0. The first-order valence-corrected chi connectivity index (χ1v) is 12.9. The third-order valence-electron chi connectivity index (χ3n) is 6.33. The summed E-state index contributed by atoms with van der Waals surface area (Å²) in [6.07, 6.45) is 2.38. The maximum atomic E-state index is 2.63. The van der Waals surface area contributed by atoms with Crippen molar-refractivity contribution in [3.05, 3.63) is 89.5 Å². The number of aryl methyl sites for hydroxylation is 3. The van der Waals surface area contributed by atoms with E-state index in [1.807, 2.05) is 0 Å². The standard InChI is InChI=1S/C28H35N2P/c1-23-10-14-26(15-11-23)31(27-16-12-24(2)13-17-27)28-9-5-4-7-25(28)8-6-18-30-21-19-29(3)20-22-30/h4-5,7,9-17H,6,8,18-22H2,1-3H3. The smallest absolute Gasteiger partial charge is 0.0110 e. The molecule has 162 valence electrons. The fourth-order valence-corrected chi connectivity index (χ4v) is 6.78. The first-order valence-electron chi connectivity index (χ1n) is 11.5. The summed E-state index contributed by atoms with van der Waals surface area (Å²) in [5.74, 6) is 0. The van der Waals surface area contributed by atoms with Gasteiger partial charge in [-0.1, -0.05) is 83.9 Å². The van der Waals surface area contributed by atoms with E-state index in [2.05, 4.69) is 103 Å². The van der Waals surface area contributed by atoms with E-state index in [9.17, 15) is 0 Å². The van der Waals surface area contributed by atoms with Crippen LogP contribution in [-0.2, 0) is 6.42 Å². The van der Waals surface area contributed by atoms with Gasteiger partial charge in [-0.15, -0.1) is 0 Å². The Hall–Kier alpha value is -1.99. The summed E-state index contributed by atoms with van der Waals surface area (Å²) in [7, 11) is 1.68. The second-order valence-electron chi connectivity index (χ2n) is 8.88. The molecule has 31 heavy (non-hydrogen) atoms. The Morgan fingerprint density at radius 3 is 1.84 bits per heavy atom. The monoisotopic (exact) mass is 430 g/mol. The second kappa shape index (κ2) is 10.6. The van der Waals surface area contributed by atoms with Crippen molar-refractivity contribution in [3.8, 4) is 0 Å². The van der Waals surface area contributed by atoms with E-state index >= 15 is 0 Å². The molecule has 4 rings (SSSR count). The lowest BCUT2D eigenvalue weighted by Gasteiger charge is -2.32. The summed E-state index contributed by atoms with van der Waals surface area (Å²) in [5.41, 5.74) is 4.16.